The zero-order valence-corrected chi connectivity index (χ0v) is 14.6. The lowest BCUT2D eigenvalue weighted by atomic mass is 10.2. The zero-order valence-electron chi connectivity index (χ0n) is 13.7. The Kier molecular flexibility index (Phi) is 4.61. The molecule has 0 radical (unpaired) electrons. The number of nitrogens with zero attached hydrogens (tertiary/aromatic N) is 3. The van der Waals surface area contributed by atoms with Crippen molar-refractivity contribution in [1.82, 2.24) is 14.5 Å². The van der Waals surface area contributed by atoms with E-state index in [0.29, 0.717) is 10.9 Å². The molecule has 0 unspecified atom stereocenters. The van der Waals surface area contributed by atoms with Gasteiger partial charge in [-0.25, -0.2) is 9.97 Å². The van der Waals surface area contributed by atoms with E-state index in [-0.39, 0.29) is 12.5 Å². The van der Waals surface area contributed by atoms with Gasteiger partial charge in [0.2, 0.25) is 0 Å². The molecule has 0 bridgehead atoms. The van der Waals surface area contributed by atoms with Crippen LogP contribution >= 0.6 is 11.3 Å². The van der Waals surface area contributed by atoms with E-state index in [0.717, 1.165) is 22.0 Å². The van der Waals surface area contributed by atoms with E-state index in [9.17, 15) is 4.79 Å². The molecule has 0 saturated carbocycles. The monoisotopic (exact) mass is 342 g/mol. The molecule has 3 aromatic rings. The van der Waals surface area contributed by atoms with E-state index in [1.165, 1.54) is 11.3 Å². The van der Waals surface area contributed by atoms with Crippen LogP contribution in [0.2, 0.25) is 0 Å². The summed E-state index contributed by atoms with van der Waals surface area (Å²) < 4.78 is 7.47. The first-order chi connectivity index (χ1) is 11.5. The molecule has 1 N–H and O–H groups in total. The second-order valence-corrected chi connectivity index (χ2v) is 6.40. The topological polar surface area (TPSA) is 69.0 Å². The van der Waals surface area contributed by atoms with Gasteiger partial charge in [-0.05, 0) is 25.5 Å². The molecular formula is C17H18N4O2S. The standard InChI is InChI=1S/C17H18N4O2S/c1-11-6-4-5-7-13(11)23-10-14(22)20-17-19-12(2)15(24-17)16-18-8-9-21(16)3/h4-9H,10H2,1-3H3,(H,19,20,22). The van der Waals surface area contributed by atoms with Crippen LogP contribution in [-0.4, -0.2) is 27.0 Å². The van der Waals surface area contributed by atoms with Crippen LogP contribution in [0.1, 0.15) is 11.3 Å². The predicted octanol–water partition coefficient (Wildman–Crippen LogP) is 3.18. The van der Waals surface area contributed by atoms with Crippen molar-refractivity contribution in [3.05, 3.63) is 47.9 Å². The number of benzene rings is 1. The Morgan fingerprint density at radius 1 is 1.33 bits per heavy atom. The van der Waals surface area contributed by atoms with Gasteiger partial charge in [0, 0.05) is 19.4 Å². The van der Waals surface area contributed by atoms with Crippen LogP contribution in [0, 0.1) is 13.8 Å². The number of carbonyl (C=O) groups excluding carboxylic acids is 1. The molecule has 6 nitrogen and oxygen atoms in total. The molecular weight excluding hydrogens is 324 g/mol. The molecule has 0 aliphatic carbocycles. The normalized spacial score (nSPS) is 10.6. The van der Waals surface area contributed by atoms with Crippen molar-refractivity contribution in [3.8, 4) is 16.5 Å². The van der Waals surface area contributed by atoms with Crippen molar-refractivity contribution in [1.29, 1.82) is 0 Å². The van der Waals surface area contributed by atoms with Gasteiger partial charge >= 0.3 is 0 Å². The second kappa shape index (κ2) is 6.84. The van der Waals surface area contributed by atoms with E-state index < -0.39 is 0 Å². The third kappa shape index (κ3) is 3.46. The third-order valence-electron chi connectivity index (χ3n) is 3.52. The number of hydrogen-bond acceptors (Lipinski definition) is 5. The summed E-state index contributed by atoms with van der Waals surface area (Å²) in [6.07, 6.45) is 3.62. The number of nitrogens with one attached hydrogen (secondary N) is 1. The van der Waals surface area contributed by atoms with Crippen LogP contribution in [0.25, 0.3) is 10.7 Å². The summed E-state index contributed by atoms with van der Waals surface area (Å²) >= 11 is 1.40. The minimum absolute atomic E-state index is 0.0543. The largest absolute Gasteiger partial charge is 0.483 e. The van der Waals surface area contributed by atoms with E-state index in [1.54, 1.807) is 6.20 Å². The molecule has 2 heterocycles. The van der Waals surface area contributed by atoms with Gasteiger partial charge in [0.25, 0.3) is 5.91 Å². The van der Waals surface area contributed by atoms with Gasteiger partial charge in [0.05, 0.1) is 10.6 Å². The fourth-order valence-electron chi connectivity index (χ4n) is 2.26. The number of aromatic nitrogens is 3. The van der Waals surface area contributed by atoms with Crippen LogP contribution in [0.4, 0.5) is 5.13 Å². The number of hydrogen-bond donors (Lipinski definition) is 1. The third-order valence-corrected chi connectivity index (χ3v) is 4.59. The molecule has 0 atom stereocenters. The molecule has 1 aromatic carbocycles. The fourth-order valence-corrected chi connectivity index (χ4v) is 3.28. The first-order valence-corrected chi connectivity index (χ1v) is 8.29. The first-order valence-electron chi connectivity index (χ1n) is 7.48. The van der Waals surface area contributed by atoms with E-state index in [4.69, 9.17) is 4.74 Å². The molecule has 0 aliphatic heterocycles. The molecule has 0 fully saturated rings. The van der Waals surface area contributed by atoms with Crippen LogP contribution in [-0.2, 0) is 11.8 Å². The van der Waals surface area contributed by atoms with Gasteiger partial charge in [-0.15, -0.1) is 0 Å². The highest BCUT2D eigenvalue weighted by atomic mass is 32.1. The van der Waals surface area contributed by atoms with Gasteiger partial charge in [0.15, 0.2) is 17.6 Å². The van der Waals surface area contributed by atoms with Crippen molar-refractivity contribution < 1.29 is 9.53 Å². The number of rotatable bonds is 5. The molecule has 1 amide bonds. The highest BCUT2D eigenvalue weighted by Crippen LogP contribution is 2.31. The zero-order chi connectivity index (χ0) is 17.1. The highest BCUT2D eigenvalue weighted by molar-refractivity contribution is 7.19. The summed E-state index contributed by atoms with van der Waals surface area (Å²) in [5, 5.41) is 3.33. The molecule has 3 rings (SSSR count). The van der Waals surface area contributed by atoms with Gasteiger partial charge in [0.1, 0.15) is 5.75 Å². The molecule has 0 spiro atoms. The smallest absolute Gasteiger partial charge is 0.264 e. The van der Waals surface area contributed by atoms with Gasteiger partial charge in [-0.3, -0.25) is 10.1 Å². The Morgan fingerprint density at radius 3 is 2.83 bits per heavy atom. The molecule has 0 aliphatic rings. The summed E-state index contributed by atoms with van der Waals surface area (Å²) in [5.41, 5.74) is 1.83. The Balaban J connectivity index is 1.65. The molecule has 0 saturated heterocycles. The van der Waals surface area contributed by atoms with Crippen LogP contribution in [0.3, 0.4) is 0 Å². The summed E-state index contributed by atoms with van der Waals surface area (Å²) in [4.78, 5) is 21.7. The fraction of sp³-hybridized carbons (Fsp3) is 0.235. The predicted molar refractivity (Wildman–Crippen MR) is 94.4 cm³/mol. The minimum atomic E-state index is -0.238. The van der Waals surface area contributed by atoms with E-state index in [2.05, 4.69) is 15.3 Å². The average Bonchev–Trinajstić information content (AvgIpc) is 3.12. The van der Waals surface area contributed by atoms with Crippen molar-refractivity contribution in [2.75, 3.05) is 11.9 Å². The lowest BCUT2D eigenvalue weighted by Gasteiger charge is -2.07. The maximum Gasteiger partial charge on any atom is 0.264 e. The number of anilines is 1. The molecule has 7 heteroatoms. The van der Waals surface area contributed by atoms with Crippen molar-refractivity contribution in [2.24, 2.45) is 7.05 Å². The Morgan fingerprint density at radius 2 is 2.12 bits per heavy atom. The lowest BCUT2D eigenvalue weighted by molar-refractivity contribution is -0.118. The number of ether oxygens (including phenoxy) is 1. The molecule has 2 aromatic heterocycles. The molecule has 124 valence electrons. The SMILES string of the molecule is Cc1ccccc1OCC(=O)Nc1nc(C)c(-c2nccn2C)s1. The first kappa shape index (κ1) is 16.2. The summed E-state index contributed by atoms with van der Waals surface area (Å²) in [6.45, 7) is 3.79. The summed E-state index contributed by atoms with van der Waals surface area (Å²) in [6, 6.07) is 7.59. The minimum Gasteiger partial charge on any atom is -0.483 e. The second-order valence-electron chi connectivity index (χ2n) is 5.40. The van der Waals surface area contributed by atoms with Crippen molar-refractivity contribution >= 4 is 22.4 Å². The van der Waals surface area contributed by atoms with Crippen molar-refractivity contribution in [3.63, 3.8) is 0 Å². The summed E-state index contributed by atoms with van der Waals surface area (Å²) in [7, 11) is 1.93. The quantitative estimate of drug-likeness (QED) is 0.773. The van der Waals surface area contributed by atoms with E-state index in [1.807, 2.05) is 55.9 Å². The number of imidazole rings is 1. The highest BCUT2D eigenvalue weighted by Gasteiger charge is 2.15. The van der Waals surface area contributed by atoms with Gasteiger partial charge in [-0.2, -0.15) is 0 Å². The van der Waals surface area contributed by atoms with Crippen LogP contribution in [0.15, 0.2) is 36.7 Å². The molecule has 24 heavy (non-hydrogen) atoms. The Hall–Kier alpha value is -2.67. The Bertz CT molecular complexity index is 869. The summed E-state index contributed by atoms with van der Waals surface area (Å²) in [5.74, 6) is 1.30. The van der Waals surface area contributed by atoms with Gasteiger partial charge in [-0.1, -0.05) is 29.5 Å². The van der Waals surface area contributed by atoms with Gasteiger partial charge < -0.3 is 9.30 Å². The van der Waals surface area contributed by atoms with Crippen LogP contribution in [0.5, 0.6) is 5.75 Å². The van der Waals surface area contributed by atoms with E-state index >= 15 is 0 Å². The number of thiazole rings is 1. The van der Waals surface area contributed by atoms with Crippen molar-refractivity contribution in [2.45, 2.75) is 13.8 Å². The Labute approximate surface area is 144 Å². The average molecular weight is 342 g/mol. The number of amides is 1. The number of para-hydroxylation sites is 1. The maximum atomic E-state index is 12.1. The number of aryl methyl sites for hydroxylation is 3. The van der Waals surface area contributed by atoms with Crippen LogP contribution < -0.4 is 10.1 Å². The maximum absolute atomic E-state index is 12.1. The lowest BCUT2D eigenvalue weighted by Crippen LogP contribution is -2.20. The number of carbonyl (C=O) groups is 1.